The molecule has 2 bridgehead atoms. The summed E-state index contributed by atoms with van der Waals surface area (Å²) in [4.78, 5) is 0. The quantitative estimate of drug-likeness (QED) is 0.672. The predicted molar refractivity (Wildman–Crippen MR) is 66.8 cm³/mol. The van der Waals surface area contributed by atoms with Crippen LogP contribution in [-0.4, -0.2) is 31.0 Å². The van der Waals surface area contributed by atoms with E-state index in [9.17, 15) is 0 Å². The van der Waals surface area contributed by atoms with Crippen LogP contribution in [0.4, 0.5) is 0 Å². The number of rotatable bonds is 0. The lowest BCUT2D eigenvalue weighted by molar-refractivity contribution is -0.163. The third kappa shape index (κ3) is 1.74. The average molecular weight is 236 g/mol. The van der Waals surface area contributed by atoms with E-state index in [0.717, 1.165) is 6.61 Å². The number of hydrogen-bond acceptors (Lipinski definition) is 3. The van der Waals surface area contributed by atoms with Gasteiger partial charge in [-0.15, -0.1) is 0 Å². The molecule has 2 atom stereocenters. The highest BCUT2D eigenvalue weighted by atomic mass is 16.5. The molecule has 3 nitrogen and oxygen atoms in total. The zero-order chi connectivity index (χ0) is 11.3. The maximum atomic E-state index is 6.37. The molecular formula is C14H24N2O. The summed E-state index contributed by atoms with van der Waals surface area (Å²) in [5, 5.41) is 7.51. The molecule has 4 fully saturated rings. The monoisotopic (exact) mass is 236 g/mol. The van der Waals surface area contributed by atoms with Crippen molar-refractivity contribution in [2.75, 3.05) is 13.2 Å². The van der Waals surface area contributed by atoms with Crippen LogP contribution in [0.2, 0.25) is 0 Å². The van der Waals surface area contributed by atoms with Gasteiger partial charge in [0, 0.05) is 36.9 Å². The highest BCUT2D eigenvalue weighted by molar-refractivity contribution is 5.03. The molecule has 17 heavy (non-hydrogen) atoms. The molecule has 3 heteroatoms. The summed E-state index contributed by atoms with van der Waals surface area (Å²) in [5.74, 6) is 0. The minimum absolute atomic E-state index is 0.0327. The standard InChI is InChI=1S/C14H24N2O/c1-2-6-13(5-1)9-15-14(17-10-13)7-11-3-4-12(8-14)16-11/h11-12,15-16H,1-10H2. The van der Waals surface area contributed by atoms with Crippen LogP contribution in [0, 0.1) is 5.41 Å². The molecule has 0 amide bonds. The summed E-state index contributed by atoms with van der Waals surface area (Å²) in [6.07, 6.45) is 10.6. The van der Waals surface area contributed by atoms with E-state index in [4.69, 9.17) is 4.74 Å². The molecule has 2 N–H and O–H groups in total. The first-order chi connectivity index (χ1) is 8.28. The molecular weight excluding hydrogens is 212 g/mol. The second-order valence-corrected chi connectivity index (χ2v) is 6.89. The zero-order valence-electron chi connectivity index (χ0n) is 10.6. The Morgan fingerprint density at radius 2 is 1.71 bits per heavy atom. The van der Waals surface area contributed by atoms with Gasteiger partial charge in [-0.1, -0.05) is 12.8 Å². The van der Waals surface area contributed by atoms with Crippen molar-refractivity contribution in [1.29, 1.82) is 0 Å². The molecule has 4 aliphatic rings. The maximum Gasteiger partial charge on any atom is 0.122 e. The van der Waals surface area contributed by atoms with E-state index >= 15 is 0 Å². The molecule has 0 aromatic carbocycles. The molecule has 0 aromatic heterocycles. The Morgan fingerprint density at radius 1 is 1.00 bits per heavy atom. The van der Waals surface area contributed by atoms with Gasteiger partial charge in [0.25, 0.3) is 0 Å². The van der Waals surface area contributed by atoms with Gasteiger partial charge in [-0.2, -0.15) is 0 Å². The van der Waals surface area contributed by atoms with Crippen LogP contribution in [0.3, 0.4) is 0 Å². The summed E-state index contributed by atoms with van der Waals surface area (Å²) < 4.78 is 6.37. The van der Waals surface area contributed by atoms with Crippen LogP contribution in [0.1, 0.15) is 51.4 Å². The molecule has 1 saturated carbocycles. The van der Waals surface area contributed by atoms with E-state index in [0.29, 0.717) is 17.5 Å². The summed E-state index contributed by atoms with van der Waals surface area (Å²) >= 11 is 0. The van der Waals surface area contributed by atoms with Gasteiger partial charge in [0.1, 0.15) is 5.72 Å². The summed E-state index contributed by atoms with van der Waals surface area (Å²) in [6, 6.07) is 1.41. The Bertz CT molecular complexity index is 287. The van der Waals surface area contributed by atoms with Crippen molar-refractivity contribution in [3.63, 3.8) is 0 Å². The molecule has 4 rings (SSSR count). The first-order valence-corrected chi connectivity index (χ1v) is 7.43. The lowest BCUT2D eigenvalue weighted by atomic mass is 9.83. The van der Waals surface area contributed by atoms with Crippen molar-refractivity contribution in [2.45, 2.75) is 69.2 Å². The van der Waals surface area contributed by atoms with E-state index in [1.165, 1.54) is 57.9 Å². The Hall–Kier alpha value is -0.120. The summed E-state index contributed by atoms with van der Waals surface area (Å²) in [5.41, 5.74) is 0.528. The van der Waals surface area contributed by atoms with Crippen molar-refractivity contribution < 1.29 is 4.74 Å². The van der Waals surface area contributed by atoms with Gasteiger partial charge in [0.2, 0.25) is 0 Å². The normalized spacial score (nSPS) is 48.0. The van der Waals surface area contributed by atoms with Crippen LogP contribution >= 0.6 is 0 Å². The smallest absolute Gasteiger partial charge is 0.122 e. The second-order valence-electron chi connectivity index (χ2n) is 6.89. The first kappa shape index (κ1) is 10.8. The molecule has 2 unspecified atom stereocenters. The van der Waals surface area contributed by atoms with Crippen molar-refractivity contribution in [1.82, 2.24) is 10.6 Å². The Kier molecular flexibility index (Phi) is 2.34. The van der Waals surface area contributed by atoms with Crippen LogP contribution in [0.25, 0.3) is 0 Å². The lowest BCUT2D eigenvalue weighted by Gasteiger charge is -2.49. The minimum atomic E-state index is 0.0327. The maximum absolute atomic E-state index is 6.37. The molecule has 3 saturated heterocycles. The molecule has 3 heterocycles. The van der Waals surface area contributed by atoms with Crippen molar-refractivity contribution in [3.05, 3.63) is 0 Å². The highest BCUT2D eigenvalue weighted by Crippen LogP contribution is 2.44. The number of nitrogens with one attached hydrogen (secondary N) is 2. The number of piperidine rings is 1. The van der Waals surface area contributed by atoms with Crippen molar-refractivity contribution in [3.8, 4) is 0 Å². The number of hydrogen-bond donors (Lipinski definition) is 2. The van der Waals surface area contributed by atoms with Gasteiger partial charge in [-0.25, -0.2) is 0 Å². The van der Waals surface area contributed by atoms with Gasteiger partial charge in [0.15, 0.2) is 0 Å². The largest absolute Gasteiger partial charge is 0.360 e. The fourth-order valence-electron chi connectivity index (χ4n) is 4.55. The third-order valence-electron chi connectivity index (χ3n) is 5.59. The third-order valence-corrected chi connectivity index (χ3v) is 5.59. The van der Waals surface area contributed by atoms with Crippen LogP contribution < -0.4 is 10.6 Å². The van der Waals surface area contributed by atoms with E-state index in [1.54, 1.807) is 0 Å². The van der Waals surface area contributed by atoms with E-state index in [1.807, 2.05) is 0 Å². The molecule has 0 aromatic rings. The minimum Gasteiger partial charge on any atom is -0.360 e. The Balaban J connectivity index is 1.47. The molecule has 96 valence electrons. The highest BCUT2D eigenvalue weighted by Gasteiger charge is 2.50. The fourth-order valence-corrected chi connectivity index (χ4v) is 4.55. The van der Waals surface area contributed by atoms with Crippen LogP contribution in [-0.2, 0) is 4.74 Å². The lowest BCUT2D eigenvalue weighted by Crippen LogP contribution is -2.64. The number of ether oxygens (including phenoxy) is 1. The first-order valence-electron chi connectivity index (χ1n) is 7.43. The van der Waals surface area contributed by atoms with Crippen molar-refractivity contribution in [2.24, 2.45) is 5.41 Å². The molecule has 0 radical (unpaired) electrons. The van der Waals surface area contributed by atoms with E-state index in [-0.39, 0.29) is 5.72 Å². The fraction of sp³-hybridized carbons (Fsp3) is 1.00. The van der Waals surface area contributed by atoms with Gasteiger partial charge in [0.05, 0.1) is 6.61 Å². The molecule has 2 spiro atoms. The molecule has 1 aliphatic carbocycles. The molecule has 3 aliphatic heterocycles. The van der Waals surface area contributed by atoms with Crippen molar-refractivity contribution >= 4 is 0 Å². The topological polar surface area (TPSA) is 33.3 Å². The SMILES string of the molecule is C1CCC2(C1)CNC1(CC3CCC(C1)N3)OC2. The van der Waals surface area contributed by atoms with E-state index < -0.39 is 0 Å². The Morgan fingerprint density at radius 3 is 2.29 bits per heavy atom. The van der Waals surface area contributed by atoms with Crippen LogP contribution in [0.15, 0.2) is 0 Å². The van der Waals surface area contributed by atoms with Gasteiger partial charge < -0.3 is 10.1 Å². The summed E-state index contributed by atoms with van der Waals surface area (Å²) in [6.45, 7) is 2.21. The van der Waals surface area contributed by atoms with Crippen LogP contribution in [0.5, 0.6) is 0 Å². The average Bonchev–Trinajstić information content (AvgIpc) is 2.93. The Labute approximate surface area is 104 Å². The summed E-state index contributed by atoms with van der Waals surface area (Å²) in [7, 11) is 0. The zero-order valence-corrected chi connectivity index (χ0v) is 10.6. The number of fused-ring (bicyclic) bond motifs is 2. The van der Waals surface area contributed by atoms with Gasteiger partial charge in [-0.05, 0) is 25.7 Å². The van der Waals surface area contributed by atoms with E-state index in [2.05, 4.69) is 10.6 Å². The predicted octanol–water partition coefficient (Wildman–Crippen LogP) is 1.78. The second kappa shape index (κ2) is 3.69. The van der Waals surface area contributed by atoms with Gasteiger partial charge >= 0.3 is 0 Å². The van der Waals surface area contributed by atoms with Gasteiger partial charge in [-0.3, -0.25) is 5.32 Å².